The molecule has 2 nitrogen and oxygen atoms in total. The van der Waals surface area contributed by atoms with E-state index in [1.54, 1.807) is 0 Å². The van der Waals surface area contributed by atoms with Crippen molar-refractivity contribution in [2.75, 3.05) is 0 Å². The molecule has 1 aromatic heterocycles. The van der Waals surface area contributed by atoms with Crippen LogP contribution in [0.4, 0.5) is 0 Å². The molecule has 1 aliphatic rings. The van der Waals surface area contributed by atoms with E-state index in [0.717, 1.165) is 18.7 Å². The zero-order chi connectivity index (χ0) is 9.47. The Hall–Kier alpha value is -0.920. The first-order chi connectivity index (χ1) is 6.07. The SMILES string of the molecule is Cc1ncc2c(n1)CC(C)(C)CC2. The van der Waals surface area contributed by atoms with Gasteiger partial charge in [-0.25, -0.2) is 9.97 Å². The summed E-state index contributed by atoms with van der Waals surface area (Å²) in [7, 11) is 0. The molecule has 0 fully saturated rings. The van der Waals surface area contributed by atoms with Crippen LogP contribution in [0, 0.1) is 12.3 Å². The zero-order valence-electron chi connectivity index (χ0n) is 8.59. The molecule has 1 heterocycles. The van der Waals surface area contributed by atoms with Crippen molar-refractivity contribution in [3.8, 4) is 0 Å². The van der Waals surface area contributed by atoms with Gasteiger partial charge in [-0.15, -0.1) is 0 Å². The molecule has 0 unspecified atom stereocenters. The van der Waals surface area contributed by atoms with Crippen LogP contribution in [0.25, 0.3) is 0 Å². The van der Waals surface area contributed by atoms with Gasteiger partial charge in [0, 0.05) is 11.9 Å². The lowest BCUT2D eigenvalue weighted by molar-refractivity contribution is 0.309. The molecule has 0 amide bonds. The highest BCUT2D eigenvalue weighted by Crippen LogP contribution is 2.33. The molecule has 1 aliphatic carbocycles. The summed E-state index contributed by atoms with van der Waals surface area (Å²) in [6.07, 6.45) is 5.49. The molecule has 0 bridgehead atoms. The summed E-state index contributed by atoms with van der Waals surface area (Å²) in [5, 5.41) is 0. The highest BCUT2D eigenvalue weighted by atomic mass is 14.9. The summed E-state index contributed by atoms with van der Waals surface area (Å²) in [5.74, 6) is 0.899. The molecule has 2 rings (SSSR count). The molecule has 0 saturated heterocycles. The average Bonchev–Trinajstić information content (AvgIpc) is 2.01. The van der Waals surface area contributed by atoms with E-state index in [9.17, 15) is 0 Å². The van der Waals surface area contributed by atoms with Crippen LogP contribution in [0.1, 0.15) is 37.4 Å². The maximum atomic E-state index is 4.50. The second-order valence-electron chi connectivity index (χ2n) is 4.73. The van der Waals surface area contributed by atoms with Crippen LogP contribution < -0.4 is 0 Å². The molecule has 1 aromatic rings. The predicted molar refractivity (Wildman–Crippen MR) is 52.6 cm³/mol. The minimum Gasteiger partial charge on any atom is -0.241 e. The van der Waals surface area contributed by atoms with Gasteiger partial charge < -0.3 is 0 Å². The Kier molecular flexibility index (Phi) is 1.86. The summed E-state index contributed by atoms with van der Waals surface area (Å²) < 4.78 is 0. The minimum absolute atomic E-state index is 0.424. The highest BCUT2D eigenvalue weighted by molar-refractivity contribution is 5.22. The normalized spacial score (nSPS) is 19.6. The smallest absolute Gasteiger partial charge is 0.125 e. The third-order valence-corrected chi connectivity index (χ3v) is 2.79. The van der Waals surface area contributed by atoms with Gasteiger partial charge in [0.1, 0.15) is 5.82 Å². The molecule has 0 N–H and O–H groups in total. The van der Waals surface area contributed by atoms with Crippen molar-refractivity contribution in [3.05, 3.63) is 23.3 Å². The van der Waals surface area contributed by atoms with Gasteiger partial charge in [0.15, 0.2) is 0 Å². The molecule has 70 valence electrons. The van der Waals surface area contributed by atoms with Crippen molar-refractivity contribution in [2.24, 2.45) is 5.41 Å². The van der Waals surface area contributed by atoms with Crippen LogP contribution >= 0.6 is 0 Å². The van der Waals surface area contributed by atoms with E-state index in [2.05, 4.69) is 23.8 Å². The lowest BCUT2D eigenvalue weighted by Gasteiger charge is -2.30. The van der Waals surface area contributed by atoms with Crippen LogP contribution in [-0.4, -0.2) is 9.97 Å². The van der Waals surface area contributed by atoms with E-state index < -0.39 is 0 Å². The molecular formula is C11H16N2. The van der Waals surface area contributed by atoms with E-state index in [0.29, 0.717) is 5.41 Å². The number of hydrogen-bond acceptors (Lipinski definition) is 2. The lowest BCUT2D eigenvalue weighted by atomic mass is 9.77. The highest BCUT2D eigenvalue weighted by Gasteiger charge is 2.26. The van der Waals surface area contributed by atoms with Crippen molar-refractivity contribution in [3.63, 3.8) is 0 Å². The molecule has 0 spiro atoms. The quantitative estimate of drug-likeness (QED) is 0.606. The van der Waals surface area contributed by atoms with Crippen molar-refractivity contribution < 1.29 is 0 Å². The number of hydrogen-bond donors (Lipinski definition) is 0. The fourth-order valence-corrected chi connectivity index (χ4v) is 1.92. The summed E-state index contributed by atoms with van der Waals surface area (Å²) >= 11 is 0. The Morgan fingerprint density at radius 3 is 2.92 bits per heavy atom. The molecule has 0 saturated carbocycles. The van der Waals surface area contributed by atoms with Crippen molar-refractivity contribution in [1.82, 2.24) is 9.97 Å². The maximum absolute atomic E-state index is 4.50. The first kappa shape index (κ1) is 8.67. The fraction of sp³-hybridized carbons (Fsp3) is 0.636. The van der Waals surface area contributed by atoms with E-state index >= 15 is 0 Å². The molecule has 13 heavy (non-hydrogen) atoms. The number of rotatable bonds is 0. The second-order valence-corrected chi connectivity index (χ2v) is 4.73. The van der Waals surface area contributed by atoms with Gasteiger partial charge in [-0.3, -0.25) is 0 Å². The minimum atomic E-state index is 0.424. The van der Waals surface area contributed by atoms with Crippen LogP contribution in [0.2, 0.25) is 0 Å². The topological polar surface area (TPSA) is 25.8 Å². The Labute approximate surface area is 79.4 Å². The summed E-state index contributed by atoms with van der Waals surface area (Å²) in [4.78, 5) is 8.73. The summed E-state index contributed by atoms with van der Waals surface area (Å²) in [5.41, 5.74) is 3.04. The van der Waals surface area contributed by atoms with Crippen LogP contribution in [0.5, 0.6) is 0 Å². The van der Waals surface area contributed by atoms with Gasteiger partial charge >= 0.3 is 0 Å². The number of nitrogens with zero attached hydrogens (tertiary/aromatic N) is 2. The van der Waals surface area contributed by atoms with Crippen molar-refractivity contribution >= 4 is 0 Å². The van der Waals surface area contributed by atoms with Gasteiger partial charge in [0.2, 0.25) is 0 Å². The third-order valence-electron chi connectivity index (χ3n) is 2.79. The van der Waals surface area contributed by atoms with E-state index in [4.69, 9.17) is 0 Å². The number of aromatic nitrogens is 2. The summed E-state index contributed by atoms with van der Waals surface area (Å²) in [6, 6.07) is 0. The standard InChI is InChI=1S/C11H16N2/c1-8-12-7-9-4-5-11(2,3)6-10(9)13-8/h7H,4-6H2,1-3H3. The third kappa shape index (κ3) is 1.71. The van der Waals surface area contributed by atoms with Crippen molar-refractivity contribution in [2.45, 2.75) is 40.0 Å². The first-order valence-electron chi connectivity index (χ1n) is 4.88. The van der Waals surface area contributed by atoms with Gasteiger partial charge in [0.25, 0.3) is 0 Å². The first-order valence-corrected chi connectivity index (χ1v) is 4.88. The van der Waals surface area contributed by atoms with Gasteiger partial charge in [-0.2, -0.15) is 0 Å². The summed E-state index contributed by atoms with van der Waals surface area (Å²) in [6.45, 7) is 6.59. The molecule has 2 heteroatoms. The molecule has 0 aromatic carbocycles. The molecular weight excluding hydrogens is 160 g/mol. The Balaban J connectivity index is 2.38. The Morgan fingerprint density at radius 1 is 1.38 bits per heavy atom. The van der Waals surface area contributed by atoms with Crippen LogP contribution in [0.15, 0.2) is 6.20 Å². The van der Waals surface area contributed by atoms with Gasteiger partial charge in [0.05, 0.1) is 0 Å². The lowest BCUT2D eigenvalue weighted by Crippen LogP contribution is -2.23. The Bertz CT molecular complexity index is 329. The maximum Gasteiger partial charge on any atom is 0.125 e. The van der Waals surface area contributed by atoms with Gasteiger partial charge in [-0.05, 0) is 37.2 Å². The van der Waals surface area contributed by atoms with Crippen molar-refractivity contribution in [1.29, 1.82) is 0 Å². The van der Waals surface area contributed by atoms with E-state index in [1.807, 2.05) is 13.1 Å². The van der Waals surface area contributed by atoms with E-state index in [-0.39, 0.29) is 0 Å². The molecule has 0 aliphatic heterocycles. The van der Waals surface area contributed by atoms with E-state index in [1.165, 1.54) is 17.7 Å². The monoisotopic (exact) mass is 176 g/mol. The zero-order valence-corrected chi connectivity index (χ0v) is 8.59. The predicted octanol–water partition coefficient (Wildman–Crippen LogP) is 2.30. The molecule has 0 atom stereocenters. The fourth-order valence-electron chi connectivity index (χ4n) is 1.92. The van der Waals surface area contributed by atoms with Crippen LogP contribution in [-0.2, 0) is 12.8 Å². The molecule has 0 radical (unpaired) electrons. The van der Waals surface area contributed by atoms with Crippen LogP contribution in [0.3, 0.4) is 0 Å². The second kappa shape index (κ2) is 2.79. The van der Waals surface area contributed by atoms with Gasteiger partial charge in [-0.1, -0.05) is 13.8 Å². The average molecular weight is 176 g/mol. The Morgan fingerprint density at radius 2 is 2.15 bits per heavy atom. The number of fused-ring (bicyclic) bond motifs is 1. The number of aryl methyl sites for hydroxylation is 2. The largest absolute Gasteiger partial charge is 0.241 e.